The summed E-state index contributed by atoms with van der Waals surface area (Å²) in [5.74, 6) is 0.510. The van der Waals surface area contributed by atoms with Crippen LogP contribution in [0.5, 0.6) is 0 Å². The van der Waals surface area contributed by atoms with Crippen molar-refractivity contribution >= 4 is 23.1 Å². The van der Waals surface area contributed by atoms with E-state index in [4.69, 9.17) is 4.74 Å². The molecule has 3 aromatic rings. The molecule has 0 bridgehead atoms. The molecule has 7 nitrogen and oxygen atoms in total. The summed E-state index contributed by atoms with van der Waals surface area (Å²) in [7, 11) is 0. The quantitative estimate of drug-likeness (QED) is 0.620. The molecule has 0 saturated carbocycles. The second-order valence-electron chi connectivity index (χ2n) is 8.68. The second kappa shape index (κ2) is 10.2. The highest BCUT2D eigenvalue weighted by atomic mass is 19.1. The number of ether oxygens (including phenoxy) is 1. The van der Waals surface area contributed by atoms with E-state index in [2.05, 4.69) is 37.4 Å². The maximum atomic E-state index is 13.5. The van der Waals surface area contributed by atoms with E-state index in [-0.39, 0.29) is 17.6 Å². The van der Waals surface area contributed by atoms with Crippen molar-refractivity contribution in [3.63, 3.8) is 0 Å². The molecule has 2 saturated heterocycles. The summed E-state index contributed by atoms with van der Waals surface area (Å²) in [6.07, 6.45) is 1.51. The average Bonchev–Trinajstić information content (AvgIpc) is 2.90. The first-order valence-corrected chi connectivity index (χ1v) is 11.7. The fraction of sp³-hybridized carbons (Fsp3) is 0.346. The van der Waals surface area contributed by atoms with Crippen LogP contribution in [0.2, 0.25) is 0 Å². The van der Waals surface area contributed by atoms with Crippen LogP contribution in [-0.4, -0.2) is 55.5 Å². The number of anilines is 3. The van der Waals surface area contributed by atoms with Gasteiger partial charge in [0.25, 0.3) is 0 Å². The van der Waals surface area contributed by atoms with Gasteiger partial charge >= 0.3 is 0 Å². The van der Waals surface area contributed by atoms with Crippen LogP contribution in [0, 0.1) is 11.7 Å². The Morgan fingerprint density at radius 1 is 0.912 bits per heavy atom. The highest BCUT2D eigenvalue weighted by molar-refractivity contribution is 5.92. The van der Waals surface area contributed by atoms with Gasteiger partial charge in [-0.2, -0.15) is 0 Å². The maximum Gasteiger partial charge on any atom is 0.227 e. The SMILES string of the molecule is O=C(Nc1ccc(N2CCOCC2)cc1)C1CCN(c2ccc(-c3cccc(F)c3)nn2)CC1. The topological polar surface area (TPSA) is 70.6 Å². The van der Waals surface area contributed by atoms with Crippen LogP contribution < -0.4 is 15.1 Å². The van der Waals surface area contributed by atoms with E-state index in [1.807, 2.05) is 30.3 Å². The Hall–Kier alpha value is -3.52. The highest BCUT2D eigenvalue weighted by Crippen LogP contribution is 2.25. The number of hydrogen-bond donors (Lipinski definition) is 1. The molecule has 8 heteroatoms. The predicted molar refractivity (Wildman–Crippen MR) is 130 cm³/mol. The van der Waals surface area contributed by atoms with E-state index < -0.39 is 0 Å². The summed E-state index contributed by atoms with van der Waals surface area (Å²) < 4.78 is 18.9. The van der Waals surface area contributed by atoms with Crippen molar-refractivity contribution in [1.82, 2.24) is 10.2 Å². The van der Waals surface area contributed by atoms with Gasteiger partial charge in [0.2, 0.25) is 5.91 Å². The van der Waals surface area contributed by atoms with E-state index in [1.54, 1.807) is 6.07 Å². The van der Waals surface area contributed by atoms with Gasteiger partial charge in [-0.25, -0.2) is 4.39 Å². The number of hydrogen-bond acceptors (Lipinski definition) is 6. The average molecular weight is 462 g/mol. The Morgan fingerprint density at radius 2 is 1.68 bits per heavy atom. The molecule has 3 heterocycles. The standard InChI is InChI=1S/C26H28FN5O2/c27-21-3-1-2-20(18-21)24-8-9-25(30-29-24)32-12-10-19(11-13-32)26(33)28-22-4-6-23(7-5-22)31-14-16-34-17-15-31/h1-9,18-19H,10-17H2,(H,28,33). The van der Waals surface area contributed by atoms with E-state index >= 15 is 0 Å². The number of amides is 1. The van der Waals surface area contributed by atoms with Crippen LogP contribution in [-0.2, 0) is 9.53 Å². The number of aromatic nitrogens is 2. The van der Waals surface area contributed by atoms with Crippen LogP contribution in [0.4, 0.5) is 21.6 Å². The third kappa shape index (κ3) is 5.17. The lowest BCUT2D eigenvalue weighted by Gasteiger charge is -2.32. The number of benzene rings is 2. The Balaban J connectivity index is 1.13. The summed E-state index contributed by atoms with van der Waals surface area (Å²) in [5, 5.41) is 11.7. The first kappa shape index (κ1) is 22.3. The predicted octanol–water partition coefficient (Wildman–Crippen LogP) is 3.97. The van der Waals surface area contributed by atoms with Crippen molar-refractivity contribution in [2.24, 2.45) is 5.92 Å². The summed E-state index contributed by atoms with van der Waals surface area (Å²) in [5.41, 5.74) is 3.31. The van der Waals surface area contributed by atoms with Crippen LogP contribution in [0.3, 0.4) is 0 Å². The zero-order valence-electron chi connectivity index (χ0n) is 19.0. The summed E-state index contributed by atoms with van der Waals surface area (Å²) in [4.78, 5) is 17.2. The van der Waals surface area contributed by atoms with Gasteiger partial charge in [-0.15, -0.1) is 10.2 Å². The lowest BCUT2D eigenvalue weighted by molar-refractivity contribution is -0.120. The lowest BCUT2D eigenvalue weighted by atomic mass is 9.95. The zero-order valence-corrected chi connectivity index (χ0v) is 19.0. The number of rotatable bonds is 5. The smallest absolute Gasteiger partial charge is 0.227 e. The Labute approximate surface area is 198 Å². The summed E-state index contributed by atoms with van der Waals surface area (Å²) >= 11 is 0. The number of carbonyl (C=O) groups is 1. The molecule has 176 valence electrons. The van der Waals surface area contributed by atoms with Crippen LogP contribution >= 0.6 is 0 Å². The second-order valence-corrected chi connectivity index (χ2v) is 8.68. The van der Waals surface area contributed by atoms with Crippen molar-refractivity contribution < 1.29 is 13.9 Å². The van der Waals surface area contributed by atoms with E-state index in [9.17, 15) is 9.18 Å². The molecule has 0 aliphatic carbocycles. The Bertz CT molecular complexity index is 1110. The third-order valence-corrected chi connectivity index (χ3v) is 6.47. The van der Waals surface area contributed by atoms with E-state index in [0.29, 0.717) is 11.3 Å². The van der Waals surface area contributed by atoms with Crippen LogP contribution in [0.15, 0.2) is 60.7 Å². The summed E-state index contributed by atoms with van der Waals surface area (Å²) in [6.45, 7) is 4.76. The number of nitrogens with zero attached hydrogens (tertiary/aromatic N) is 4. The fourth-order valence-corrected chi connectivity index (χ4v) is 4.49. The minimum absolute atomic E-state index is 0.0327. The monoisotopic (exact) mass is 461 g/mol. The minimum Gasteiger partial charge on any atom is -0.378 e. The van der Waals surface area contributed by atoms with Gasteiger partial charge in [-0.1, -0.05) is 12.1 Å². The zero-order chi connectivity index (χ0) is 23.3. The molecule has 2 aromatic carbocycles. The maximum absolute atomic E-state index is 13.5. The molecule has 1 aromatic heterocycles. The molecular formula is C26H28FN5O2. The van der Waals surface area contributed by atoms with Gasteiger partial charge in [0.05, 0.1) is 18.9 Å². The molecule has 0 atom stereocenters. The molecule has 2 aliphatic rings. The minimum atomic E-state index is -0.295. The first-order valence-electron chi connectivity index (χ1n) is 11.7. The van der Waals surface area contributed by atoms with Crippen molar-refractivity contribution in [2.45, 2.75) is 12.8 Å². The normalized spacial score (nSPS) is 17.0. The van der Waals surface area contributed by atoms with Gasteiger partial charge in [-0.3, -0.25) is 4.79 Å². The number of halogens is 1. The highest BCUT2D eigenvalue weighted by Gasteiger charge is 2.26. The molecular weight excluding hydrogens is 433 g/mol. The largest absolute Gasteiger partial charge is 0.378 e. The fourth-order valence-electron chi connectivity index (χ4n) is 4.49. The van der Waals surface area contributed by atoms with Gasteiger partial charge in [-0.05, 0) is 61.4 Å². The number of morpholine rings is 1. The molecule has 1 amide bonds. The van der Waals surface area contributed by atoms with Crippen LogP contribution in [0.25, 0.3) is 11.3 Å². The lowest BCUT2D eigenvalue weighted by Crippen LogP contribution is -2.38. The first-order chi connectivity index (χ1) is 16.7. The van der Waals surface area contributed by atoms with Crippen molar-refractivity contribution in [2.75, 3.05) is 54.5 Å². The Morgan fingerprint density at radius 3 is 2.35 bits per heavy atom. The molecule has 0 radical (unpaired) electrons. The van der Waals surface area contributed by atoms with Crippen molar-refractivity contribution in [3.8, 4) is 11.3 Å². The molecule has 1 N–H and O–H groups in total. The van der Waals surface area contributed by atoms with Gasteiger partial charge in [0.15, 0.2) is 5.82 Å². The number of nitrogens with one attached hydrogen (secondary N) is 1. The van der Waals surface area contributed by atoms with Gasteiger partial charge in [0.1, 0.15) is 5.82 Å². The van der Waals surface area contributed by atoms with Crippen molar-refractivity contribution in [3.05, 3.63) is 66.5 Å². The molecule has 0 spiro atoms. The molecule has 2 aliphatic heterocycles. The van der Waals surface area contributed by atoms with Gasteiger partial charge in [0, 0.05) is 49.0 Å². The molecule has 5 rings (SSSR count). The molecule has 34 heavy (non-hydrogen) atoms. The molecule has 0 unspecified atom stereocenters. The Kier molecular flexibility index (Phi) is 6.67. The number of piperidine rings is 1. The number of carbonyl (C=O) groups excluding carboxylic acids is 1. The summed E-state index contributed by atoms with van der Waals surface area (Å²) in [6, 6.07) is 18.1. The van der Waals surface area contributed by atoms with Gasteiger partial charge < -0.3 is 19.9 Å². The van der Waals surface area contributed by atoms with Crippen LogP contribution in [0.1, 0.15) is 12.8 Å². The third-order valence-electron chi connectivity index (χ3n) is 6.47. The van der Waals surface area contributed by atoms with E-state index in [1.165, 1.54) is 12.1 Å². The molecule has 2 fully saturated rings. The van der Waals surface area contributed by atoms with Crippen molar-refractivity contribution in [1.29, 1.82) is 0 Å². The van der Waals surface area contributed by atoms with E-state index in [0.717, 1.165) is 69.4 Å².